The van der Waals surface area contributed by atoms with Crippen molar-refractivity contribution in [3.8, 4) is 11.5 Å². The number of rotatable bonds is 9. The van der Waals surface area contributed by atoms with E-state index in [1.165, 1.54) is 11.3 Å². The zero-order valence-corrected chi connectivity index (χ0v) is 21.3. The summed E-state index contributed by atoms with van der Waals surface area (Å²) in [6.45, 7) is 1.98. The van der Waals surface area contributed by atoms with Gasteiger partial charge in [-0.3, -0.25) is 14.5 Å². The Balaban J connectivity index is 1.81. The van der Waals surface area contributed by atoms with Gasteiger partial charge in [0.2, 0.25) is 11.8 Å². The summed E-state index contributed by atoms with van der Waals surface area (Å²) in [4.78, 5) is 30.3. The van der Waals surface area contributed by atoms with Crippen LogP contribution >= 0.6 is 11.3 Å². The highest BCUT2D eigenvalue weighted by Gasteiger charge is 2.35. The second kappa shape index (κ2) is 11.4. The van der Waals surface area contributed by atoms with Gasteiger partial charge in [0, 0.05) is 16.6 Å². The molecule has 1 aliphatic rings. The van der Waals surface area contributed by atoms with Gasteiger partial charge in [-0.2, -0.15) is 0 Å². The summed E-state index contributed by atoms with van der Waals surface area (Å²) < 4.78 is 10.9. The Morgan fingerprint density at radius 1 is 1.03 bits per heavy atom. The standard InChI is InChI=1S/C28H32N2O4S/c1-19-8-6-11-22(16-19)30(26(31)18-23-12-7-15-35-23)27(28(32)29-21-9-4-5-10-21)20-13-14-24(33-2)25(17-20)34-3/h6-8,11-17,21,27H,4-5,9-10,18H2,1-3H3,(H,29,32)/t27-/m0/s1. The van der Waals surface area contributed by atoms with E-state index in [1.807, 2.05) is 54.8 Å². The molecular weight excluding hydrogens is 460 g/mol. The predicted octanol–water partition coefficient (Wildman–Crippen LogP) is 5.45. The van der Waals surface area contributed by atoms with Crippen LogP contribution in [0.2, 0.25) is 0 Å². The van der Waals surface area contributed by atoms with Crippen molar-refractivity contribution in [3.05, 3.63) is 76.0 Å². The van der Waals surface area contributed by atoms with Crippen LogP contribution in [0.3, 0.4) is 0 Å². The van der Waals surface area contributed by atoms with Crippen LogP contribution in [0, 0.1) is 6.92 Å². The zero-order valence-electron chi connectivity index (χ0n) is 20.5. The fourth-order valence-electron chi connectivity index (χ4n) is 4.65. The molecule has 0 saturated heterocycles. The predicted molar refractivity (Wildman–Crippen MR) is 139 cm³/mol. The number of nitrogens with zero attached hydrogens (tertiary/aromatic N) is 1. The molecule has 6 nitrogen and oxygen atoms in total. The van der Waals surface area contributed by atoms with E-state index in [2.05, 4.69) is 5.32 Å². The molecule has 1 aromatic heterocycles. The van der Waals surface area contributed by atoms with Crippen LogP contribution in [0.15, 0.2) is 60.0 Å². The van der Waals surface area contributed by atoms with Crippen LogP contribution in [-0.2, 0) is 16.0 Å². The lowest BCUT2D eigenvalue weighted by molar-refractivity contribution is -0.127. The molecule has 0 aliphatic heterocycles. The molecule has 1 N–H and O–H groups in total. The van der Waals surface area contributed by atoms with E-state index in [-0.39, 0.29) is 24.3 Å². The van der Waals surface area contributed by atoms with E-state index in [9.17, 15) is 9.59 Å². The van der Waals surface area contributed by atoms with Gasteiger partial charge in [-0.1, -0.05) is 37.1 Å². The maximum atomic E-state index is 13.9. The van der Waals surface area contributed by atoms with Crippen molar-refractivity contribution in [2.75, 3.05) is 19.1 Å². The number of hydrogen-bond donors (Lipinski definition) is 1. The van der Waals surface area contributed by atoms with Crippen LogP contribution in [0.25, 0.3) is 0 Å². The molecule has 35 heavy (non-hydrogen) atoms. The SMILES string of the molecule is COc1ccc([C@@H](C(=O)NC2CCCC2)N(C(=O)Cc2cccs2)c2cccc(C)c2)cc1OC. The van der Waals surface area contributed by atoms with Gasteiger partial charge < -0.3 is 14.8 Å². The lowest BCUT2D eigenvalue weighted by Crippen LogP contribution is -2.46. The van der Waals surface area contributed by atoms with Gasteiger partial charge >= 0.3 is 0 Å². The number of carbonyl (C=O) groups excluding carboxylic acids is 2. The Hall–Kier alpha value is -3.32. The van der Waals surface area contributed by atoms with E-state index in [4.69, 9.17) is 9.47 Å². The van der Waals surface area contributed by atoms with Crippen LogP contribution in [0.4, 0.5) is 5.69 Å². The maximum Gasteiger partial charge on any atom is 0.248 e. The number of thiophene rings is 1. The molecule has 0 spiro atoms. The first-order valence-electron chi connectivity index (χ1n) is 11.9. The van der Waals surface area contributed by atoms with Gasteiger partial charge in [-0.15, -0.1) is 11.3 Å². The van der Waals surface area contributed by atoms with Crippen molar-refractivity contribution in [2.24, 2.45) is 0 Å². The van der Waals surface area contributed by atoms with Gasteiger partial charge in [0.05, 0.1) is 20.6 Å². The molecule has 2 amide bonds. The fourth-order valence-corrected chi connectivity index (χ4v) is 5.35. The number of methoxy groups -OCH3 is 2. The van der Waals surface area contributed by atoms with E-state index in [1.54, 1.807) is 31.3 Å². The molecule has 1 fully saturated rings. The van der Waals surface area contributed by atoms with Gasteiger partial charge in [0.1, 0.15) is 6.04 Å². The average molecular weight is 493 g/mol. The number of benzene rings is 2. The Morgan fingerprint density at radius 2 is 1.80 bits per heavy atom. The average Bonchev–Trinajstić information content (AvgIpc) is 3.56. The largest absolute Gasteiger partial charge is 0.493 e. The molecular formula is C28H32N2O4S. The number of carbonyl (C=O) groups is 2. The summed E-state index contributed by atoms with van der Waals surface area (Å²) in [7, 11) is 3.14. The summed E-state index contributed by atoms with van der Waals surface area (Å²) in [6.07, 6.45) is 4.33. The van der Waals surface area contributed by atoms with Crippen LogP contribution in [-0.4, -0.2) is 32.1 Å². The number of amides is 2. The molecule has 0 bridgehead atoms. The third kappa shape index (κ3) is 5.85. The van der Waals surface area contributed by atoms with Gasteiger partial charge in [0.25, 0.3) is 0 Å². The topological polar surface area (TPSA) is 67.9 Å². The normalized spacial score (nSPS) is 14.4. The van der Waals surface area contributed by atoms with Crippen LogP contribution in [0.1, 0.15) is 47.7 Å². The van der Waals surface area contributed by atoms with E-state index in [0.717, 1.165) is 36.1 Å². The second-order valence-corrected chi connectivity index (χ2v) is 9.90. The third-order valence-corrected chi connectivity index (χ3v) is 7.26. The van der Waals surface area contributed by atoms with Gasteiger partial charge in [-0.25, -0.2) is 0 Å². The van der Waals surface area contributed by atoms with Crippen molar-refractivity contribution < 1.29 is 19.1 Å². The molecule has 184 valence electrons. The highest BCUT2D eigenvalue weighted by molar-refractivity contribution is 7.10. The molecule has 1 aliphatic carbocycles. The lowest BCUT2D eigenvalue weighted by atomic mass is 10.0. The van der Waals surface area contributed by atoms with E-state index >= 15 is 0 Å². The molecule has 2 aromatic carbocycles. The molecule has 1 atom stereocenters. The summed E-state index contributed by atoms with van der Waals surface area (Å²) >= 11 is 1.54. The first-order valence-corrected chi connectivity index (χ1v) is 12.8. The first kappa shape index (κ1) is 24.8. The smallest absolute Gasteiger partial charge is 0.248 e. The molecule has 7 heteroatoms. The highest BCUT2D eigenvalue weighted by Crippen LogP contribution is 2.35. The lowest BCUT2D eigenvalue weighted by Gasteiger charge is -2.33. The third-order valence-electron chi connectivity index (χ3n) is 6.39. The van der Waals surface area contributed by atoms with Crippen LogP contribution in [0.5, 0.6) is 11.5 Å². The first-order chi connectivity index (χ1) is 17.0. The highest BCUT2D eigenvalue weighted by atomic mass is 32.1. The summed E-state index contributed by atoms with van der Waals surface area (Å²) in [5.41, 5.74) is 2.37. The van der Waals surface area contributed by atoms with Gasteiger partial charge in [0.15, 0.2) is 11.5 Å². The minimum atomic E-state index is -0.857. The number of hydrogen-bond acceptors (Lipinski definition) is 5. The zero-order chi connectivity index (χ0) is 24.8. The maximum absolute atomic E-state index is 13.9. The monoisotopic (exact) mass is 492 g/mol. The van der Waals surface area contributed by atoms with Crippen molar-refractivity contribution in [1.82, 2.24) is 5.32 Å². The minimum Gasteiger partial charge on any atom is -0.493 e. The van der Waals surface area contributed by atoms with E-state index in [0.29, 0.717) is 22.7 Å². The molecule has 4 rings (SSSR count). The van der Waals surface area contributed by atoms with Crippen molar-refractivity contribution in [2.45, 2.75) is 51.1 Å². The molecule has 0 unspecified atom stereocenters. The number of nitrogens with one attached hydrogen (secondary N) is 1. The Kier molecular flexibility index (Phi) is 8.08. The fraction of sp³-hybridized carbons (Fsp3) is 0.357. The summed E-state index contributed by atoms with van der Waals surface area (Å²) in [5.74, 6) is 0.751. The molecule has 0 radical (unpaired) electrons. The molecule has 3 aromatic rings. The Labute approximate surface area is 210 Å². The van der Waals surface area contributed by atoms with Gasteiger partial charge in [-0.05, 0) is 66.6 Å². The van der Waals surface area contributed by atoms with Crippen molar-refractivity contribution in [3.63, 3.8) is 0 Å². The number of ether oxygens (including phenoxy) is 2. The minimum absolute atomic E-state index is 0.122. The Morgan fingerprint density at radius 3 is 2.46 bits per heavy atom. The summed E-state index contributed by atoms with van der Waals surface area (Å²) in [6, 6.07) is 16.3. The Bertz CT molecular complexity index is 1160. The van der Waals surface area contributed by atoms with Crippen LogP contribution < -0.4 is 19.7 Å². The quantitative estimate of drug-likeness (QED) is 0.431. The molecule has 1 saturated carbocycles. The molecule has 1 heterocycles. The van der Waals surface area contributed by atoms with Crippen molar-refractivity contribution in [1.29, 1.82) is 0 Å². The van der Waals surface area contributed by atoms with Crippen molar-refractivity contribution >= 4 is 28.8 Å². The summed E-state index contributed by atoms with van der Waals surface area (Å²) in [5, 5.41) is 5.18. The van der Waals surface area contributed by atoms with E-state index < -0.39 is 6.04 Å². The second-order valence-electron chi connectivity index (χ2n) is 8.87. The number of anilines is 1. The number of aryl methyl sites for hydroxylation is 1.